The van der Waals surface area contributed by atoms with Gasteiger partial charge < -0.3 is 9.72 Å². The number of hydrazone groups is 1. The highest BCUT2D eigenvalue weighted by atomic mass is 16.5. The predicted octanol–water partition coefficient (Wildman–Crippen LogP) is 3.39. The molecular weight excluding hydrogens is 354 g/mol. The maximum Gasteiger partial charge on any atom is 0.339 e. The van der Waals surface area contributed by atoms with Crippen LogP contribution in [0.3, 0.4) is 0 Å². The Morgan fingerprint density at radius 3 is 2.79 bits per heavy atom. The van der Waals surface area contributed by atoms with Crippen LogP contribution in [0.2, 0.25) is 0 Å². The Bertz CT molecular complexity index is 958. The number of carbonyl (C=O) groups is 2. The highest BCUT2D eigenvalue weighted by Gasteiger charge is 2.30. The summed E-state index contributed by atoms with van der Waals surface area (Å²) in [5, 5.41) is 4.31. The quantitative estimate of drug-likeness (QED) is 0.799. The van der Waals surface area contributed by atoms with Gasteiger partial charge in [0, 0.05) is 17.8 Å². The minimum atomic E-state index is -0.412. The molecule has 2 heterocycles. The van der Waals surface area contributed by atoms with Crippen molar-refractivity contribution in [1.29, 1.82) is 0 Å². The largest absolute Gasteiger partial charge is 0.462 e. The van der Waals surface area contributed by atoms with Crippen molar-refractivity contribution >= 4 is 17.6 Å². The van der Waals surface area contributed by atoms with E-state index in [4.69, 9.17) is 4.74 Å². The monoisotopic (exact) mass is 379 g/mol. The molecule has 28 heavy (non-hydrogen) atoms. The van der Waals surface area contributed by atoms with Crippen LogP contribution in [0.15, 0.2) is 29.4 Å². The second kappa shape index (κ2) is 7.62. The van der Waals surface area contributed by atoms with E-state index in [1.807, 2.05) is 6.92 Å². The molecule has 0 fully saturated rings. The van der Waals surface area contributed by atoms with E-state index in [-0.39, 0.29) is 11.9 Å². The Labute approximate surface area is 164 Å². The number of fused-ring (bicyclic) bond motifs is 1. The third-order valence-corrected chi connectivity index (χ3v) is 5.60. The number of carbonyl (C=O) groups excluding carboxylic acids is 2. The fourth-order valence-electron chi connectivity index (χ4n) is 4.07. The second-order valence-corrected chi connectivity index (χ2v) is 7.47. The highest BCUT2D eigenvalue weighted by molar-refractivity contribution is 6.06. The molecule has 6 heteroatoms. The number of nitrogens with one attached hydrogen (secondary N) is 2. The fourth-order valence-corrected chi connectivity index (χ4v) is 4.07. The third-order valence-electron chi connectivity index (χ3n) is 5.60. The summed E-state index contributed by atoms with van der Waals surface area (Å²) in [6, 6.07) is 8.23. The number of benzene rings is 1. The van der Waals surface area contributed by atoms with E-state index in [1.54, 1.807) is 13.0 Å². The Kier molecular flexibility index (Phi) is 5.03. The highest BCUT2D eigenvalue weighted by Crippen LogP contribution is 2.29. The lowest BCUT2D eigenvalue weighted by Gasteiger charge is -2.22. The molecule has 1 amide bonds. The smallest absolute Gasteiger partial charge is 0.339 e. The van der Waals surface area contributed by atoms with Gasteiger partial charge in [-0.25, -0.2) is 10.2 Å². The van der Waals surface area contributed by atoms with Crippen LogP contribution < -0.4 is 5.43 Å². The molecule has 0 radical (unpaired) electrons. The molecule has 4 rings (SSSR count). The first-order valence-corrected chi connectivity index (χ1v) is 9.92. The van der Waals surface area contributed by atoms with Gasteiger partial charge in [0.1, 0.15) is 0 Å². The number of aromatic amines is 1. The summed E-state index contributed by atoms with van der Waals surface area (Å²) >= 11 is 0. The van der Waals surface area contributed by atoms with Crippen molar-refractivity contribution < 1.29 is 14.3 Å². The molecule has 2 N–H and O–H groups in total. The number of aryl methyl sites for hydroxylation is 3. The topological polar surface area (TPSA) is 83.5 Å². The molecule has 0 saturated carbocycles. The van der Waals surface area contributed by atoms with Gasteiger partial charge in [-0.15, -0.1) is 0 Å². The minimum absolute atomic E-state index is 0.168. The first-order valence-electron chi connectivity index (χ1n) is 9.92. The lowest BCUT2D eigenvalue weighted by atomic mass is 9.87. The standard InChI is InChI=1S/C22H25N3O3/c1-3-28-22(27)17-11-20(23-13(17)2)18-12-19(24-25-21(18)26)16-9-8-14-6-4-5-7-15(14)10-16/h8-11,18,23H,3-7,12H2,1-2H3,(H,25,26). The van der Waals surface area contributed by atoms with Crippen molar-refractivity contribution in [1.82, 2.24) is 10.4 Å². The molecule has 1 aromatic heterocycles. The molecule has 1 atom stereocenters. The fraction of sp³-hybridized carbons (Fsp3) is 0.409. The molecule has 1 aliphatic heterocycles. The number of hydrogen-bond donors (Lipinski definition) is 2. The van der Waals surface area contributed by atoms with Crippen molar-refractivity contribution in [3.05, 3.63) is 57.9 Å². The number of hydrogen-bond acceptors (Lipinski definition) is 4. The van der Waals surface area contributed by atoms with E-state index in [1.165, 1.54) is 24.0 Å². The summed E-state index contributed by atoms with van der Waals surface area (Å²) in [5.41, 5.74) is 9.28. The number of ether oxygens (including phenoxy) is 1. The van der Waals surface area contributed by atoms with Crippen LogP contribution in [0.5, 0.6) is 0 Å². The molecule has 6 nitrogen and oxygen atoms in total. The zero-order valence-electron chi connectivity index (χ0n) is 16.3. The van der Waals surface area contributed by atoms with Gasteiger partial charge in [0.2, 0.25) is 5.91 Å². The van der Waals surface area contributed by atoms with Crippen LogP contribution in [0.1, 0.15) is 70.5 Å². The van der Waals surface area contributed by atoms with Gasteiger partial charge in [0.05, 0.1) is 23.8 Å². The number of nitrogens with zero attached hydrogens (tertiary/aromatic N) is 1. The van der Waals surface area contributed by atoms with Crippen molar-refractivity contribution in [2.24, 2.45) is 5.10 Å². The molecule has 2 aliphatic rings. The van der Waals surface area contributed by atoms with Crippen LogP contribution in [0.25, 0.3) is 0 Å². The van der Waals surface area contributed by atoms with Gasteiger partial charge in [-0.1, -0.05) is 12.1 Å². The van der Waals surface area contributed by atoms with Crippen molar-refractivity contribution in [2.75, 3.05) is 6.61 Å². The summed E-state index contributed by atoms with van der Waals surface area (Å²) in [6.07, 6.45) is 5.21. The molecular formula is C22H25N3O3. The van der Waals surface area contributed by atoms with E-state index in [9.17, 15) is 9.59 Å². The first-order chi connectivity index (χ1) is 13.6. The Morgan fingerprint density at radius 1 is 1.21 bits per heavy atom. The number of H-pyrrole nitrogens is 1. The maximum atomic E-state index is 12.5. The van der Waals surface area contributed by atoms with E-state index in [0.717, 1.165) is 24.1 Å². The van der Waals surface area contributed by atoms with Gasteiger partial charge in [-0.3, -0.25) is 4.79 Å². The first kappa shape index (κ1) is 18.5. The summed E-state index contributed by atoms with van der Waals surface area (Å²) < 4.78 is 5.10. The lowest BCUT2D eigenvalue weighted by Crippen LogP contribution is -2.33. The predicted molar refractivity (Wildman–Crippen MR) is 107 cm³/mol. The normalized spacial score (nSPS) is 18.9. The van der Waals surface area contributed by atoms with Gasteiger partial charge in [-0.2, -0.15) is 5.10 Å². The number of esters is 1. The van der Waals surface area contributed by atoms with Gasteiger partial charge in [0.25, 0.3) is 0 Å². The molecule has 0 spiro atoms. The van der Waals surface area contributed by atoms with Gasteiger partial charge in [0.15, 0.2) is 0 Å². The average molecular weight is 379 g/mol. The van der Waals surface area contributed by atoms with Crippen molar-refractivity contribution in [3.63, 3.8) is 0 Å². The Balaban J connectivity index is 1.59. The molecule has 0 saturated heterocycles. The molecule has 1 aromatic carbocycles. The zero-order chi connectivity index (χ0) is 19.7. The lowest BCUT2D eigenvalue weighted by molar-refractivity contribution is -0.122. The van der Waals surface area contributed by atoms with Crippen LogP contribution in [0.4, 0.5) is 0 Å². The van der Waals surface area contributed by atoms with E-state index in [2.05, 4.69) is 33.7 Å². The summed E-state index contributed by atoms with van der Waals surface area (Å²) in [7, 11) is 0. The zero-order valence-corrected chi connectivity index (χ0v) is 16.3. The number of aromatic nitrogens is 1. The van der Waals surface area contributed by atoms with Gasteiger partial charge in [-0.05, 0) is 68.4 Å². The summed E-state index contributed by atoms with van der Waals surface area (Å²) in [6.45, 7) is 3.91. The molecule has 0 bridgehead atoms. The van der Waals surface area contributed by atoms with Crippen molar-refractivity contribution in [2.45, 2.75) is 51.9 Å². The van der Waals surface area contributed by atoms with Crippen LogP contribution in [0, 0.1) is 6.92 Å². The minimum Gasteiger partial charge on any atom is -0.462 e. The summed E-state index contributed by atoms with van der Waals surface area (Å²) in [4.78, 5) is 27.8. The number of rotatable bonds is 4. The second-order valence-electron chi connectivity index (χ2n) is 7.47. The van der Waals surface area contributed by atoms with Crippen molar-refractivity contribution in [3.8, 4) is 0 Å². The molecule has 146 valence electrons. The average Bonchev–Trinajstić information content (AvgIpc) is 3.09. The van der Waals surface area contributed by atoms with Gasteiger partial charge >= 0.3 is 5.97 Å². The SMILES string of the molecule is CCOC(=O)c1cc(C2CC(c3ccc4c(c3)CCCC4)=NNC2=O)[nH]c1C. The molecule has 2 aromatic rings. The van der Waals surface area contributed by atoms with E-state index in [0.29, 0.717) is 30.0 Å². The van der Waals surface area contributed by atoms with Crippen LogP contribution in [-0.2, 0) is 22.4 Å². The van der Waals surface area contributed by atoms with E-state index < -0.39 is 5.92 Å². The molecule has 1 unspecified atom stereocenters. The Hall–Kier alpha value is -2.89. The molecule has 1 aliphatic carbocycles. The van der Waals surface area contributed by atoms with E-state index >= 15 is 0 Å². The maximum absolute atomic E-state index is 12.5. The number of amides is 1. The van der Waals surface area contributed by atoms with Crippen LogP contribution in [-0.4, -0.2) is 29.2 Å². The third kappa shape index (κ3) is 3.46. The Morgan fingerprint density at radius 2 is 2.00 bits per heavy atom. The van der Waals surface area contributed by atoms with Crippen LogP contribution >= 0.6 is 0 Å². The summed E-state index contributed by atoms with van der Waals surface area (Å²) in [5.74, 6) is -0.953.